The Bertz CT molecular complexity index is 1020. The highest BCUT2D eigenvalue weighted by Crippen LogP contribution is 2.43. The molecule has 1 saturated heterocycles. The van der Waals surface area contributed by atoms with Crippen molar-refractivity contribution in [2.24, 2.45) is 0 Å². The molecule has 0 radical (unpaired) electrons. The Hall–Kier alpha value is -2.54. The summed E-state index contributed by atoms with van der Waals surface area (Å²) in [6.45, 7) is 4.21. The maximum absolute atomic E-state index is 13.0. The molecule has 1 aliphatic rings. The lowest BCUT2D eigenvalue weighted by Gasteiger charge is -2.25. The number of hydrogen-bond donors (Lipinski definition) is 1. The van der Waals surface area contributed by atoms with E-state index in [4.69, 9.17) is 32.7 Å². The maximum Gasteiger partial charge on any atom is 0.295 e. The number of carbonyl (C=O) groups excluding carboxylic acids is 2. The Balaban J connectivity index is 2.17. The van der Waals surface area contributed by atoms with Crippen LogP contribution in [0.3, 0.4) is 0 Å². The van der Waals surface area contributed by atoms with E-state index in [-0.39, 0.29) is 46.2 Å². The molecule has 164 valence electrons. The van der Waals surface area contributed by atoms with Crippen LogP contribution in [0.25, 0.3) is 5.76 Å². The van der Waals surface area contributed by atoms with Crippen molar-refractivity contribution in [3.05, 3.63) is 69.2 Å². The monoisotopic (exact) mass is 463 g/mol. The van der Waals surface area contributed by atoms with Gasteiger partial charge >= 0.3 is 0 Å². The van der Waals surface area contributed by atoms with Crippen LogP contribution in [0.2, 0.25) is 10.0 Å². The molecule has 0 aromatic heterocycles. The van der Waals surface area contributed by atoms with Crippen molar-refractivity contribution in [1.29, 1.82) is 0 Å². The lowest BCUT2D eigenvalue weighted by Crippen LogP contribution is -2.33. The molecule has 31 heavy (non-hydrogen) atoms. The summed E-state index contributed by atoms with van der Waals surface area (Å²) in [6.07, 6.45) is -0.0233. The van der Waals surface area contributed by atoms with Gasteiger partial charge < -0.3 is 19.5 Å². The first-order valence-corrected chi connectivity index (χ1v) is 10.5. The van der Waals surface area contributed by atoms with Crippen LogP contribution in [-0.2, 0) is 14.3 Å². The summed E-state index contributed by atoms with van der Waals surface area (Å²) in [7, 11) is 1.39. The molecule has 0 bridgehead atoms. The third-order valence-electron chi connectivity index (χ3n) is 4.91. The van der Waals surface area contributed by atoms with Crippen molar-refractivity contribution in [3.8, 4) is 5.75 Å². The highest BCUT2D eigenvalue weighted by atomic mass is 35.5. The minimum absolute atomic E-state index is 0.0233. The lowest BCUT2D eigenvalue weighted by molar-refractivity contribution is -0.140. The zero-order valence-corrected chi connectivity index (χ0v) is 18.9. The topological polar surface area (TPSA) is 76.1 Å². The number of Topliss-reactive ketones (excluding diaryl/α,β-unsaturated/α-hetero) is 1. The summed E-state index contributed by atoms with van der Waals surface area (Å²) in [5, 5.41) is 11.6. The molecule has 3 rings (SSSR count). The quantitative estimate of drug-likeness (QED) is 0.360. The van der Waals surface area contributed by atoms with Gasteiger partial charge in [-0.05, 0) is 31.5 Å². The average molecular weight is 464 g/mol. The number of aliphatic hydroxyl groups is 1. The van der Waals surface area contributed by atoms with E-state index in [1.807, 2.05) is 19.9 Å². The van der Waals surface area contributed by atoms with Crippen molar-refractivity contribution in [1.82, 2.24) is 4.90 Å². The van der Waals surface area contributed by atoms with Crippen molar-refractivity contribution in [2.75, 3.05) is 20.3 Å². The summed E-state index contributed by atoms with van der Waals surface area (Å²) < 4.78 is 10.9. The van der Waals surface area contributed by atoms with E-state index in [0.717, 1.165) is 0 Å². The van der Waals surface area contributed by atoms with Crippen LogP contribution in [0.1, 0.15) is 31.0 Å². The number of benzene rings is 2. The standard InChI is InChI=1S/C23H23Cl2NO5/c1-13(2)31-10-9-26-19(14-7-5-4-6-8-14)18(21(28)23(26)29)20(27)16-11-15(24)12-17(25)22(16)30-3/h4-8,11-13,19,27H,9-10H2,1-3H3/b20-18+. The molecule has 2 aromatic carbocycles. The van der Waals surface area contributed by atoms with E-state index in [9.17, 15) is 14.7 Å². The van der Waals surface area contributed by atoms with E-state index in [1.165, 1.54) is 24.1 Å². The molecule has 1 amide bonds. The summed E-state index contributed by atoms with van der Waals surface area (Å²) in [6, 6.07) is 11.1. The summed E-state index contributed by atoms with van der Waals surface area (Å²) >= 11 is 12.3. The fraction of sp³-hybridized carbons (Fsp3) is 0.304. The first kappa shape index (κ1) is 23.1. The number of amides is 1. The van der Waals surface area contributed by atoms with Gasteiger partial charge in [0, 0.05) is 11.6 Å². The largest absolute Gasteiger partial charge is 0.507 e. The molecule has 1 atom stereocenters. The molecule has 0 saturated carbocycles. The van der Waals surface area contributed by atoms with Crippen LogP contribution in [0.4, 0.5) is 0 Å². The van der Waals surface area contributed by atoms with Crippen molar-refractivity contribution in [2.45, 2.75) is 26.0 Å². The first-order valence-electron chi connectivity index (χ1n) is 9.74. The number of hydrogen-bond acceptors (Lipinski definition) is 5. The molecule has 8 heteroatoms. The second kappa shape index (κ2) is 9.73. The zero-order chi connectivity index (χ0) is 22.7. The van der Waals surface area contributed by atoms with E-state index < -0.39 is 23.5 Å². The summed E-state index contributed by atoms with van der Waals surface area (Å²) in [5.41, 5.74) is 0.759. The van der Waals surface area contributed by atoms with Crippen LogP contribution < -0.4 is 4.74 Å². The number of likely N-dealkylation sites (tertiary alicyclic amines) is 1. The van der Waals surface area contributed by atoms with Gasteiger partial charge in [-0.3, -0.25) is 9.59 Å². The van der Waals surface area contributed by atoms with Crippen LogP contribution in [0.5, 0.6) is 5.75 Å². The van der Waals surface area contributed by atoms with E-state index in [1.54, 1.807) is 24.3 Å². The number of carbonyl (C=O) groups is 2. The van der Waals surface area contributed by atoms with Crippen molar-refractivity contribution < 1.29 is 24.2 Å². The van der Waals surface area contributed by atoms with Crippen molar-refractivity contribution in [3.63, 3.8) is 0 Å². The average Bonchev–Trinajstić information content (AvgIpc) is 2.98. The van der Waals surface area contributed by atoms with Gasteiger partial charge in [0.05, 0.1) is 42.0 Å². The third-order valence-corrected chi connectivity index (χ3v) is 5.41. The maximum atomic E-state index is 13.0. The zero-order valence-electron chi connectivity index (χ0n) is 17.4. The van der Waals surface area contributed by atoms with Crippen LogP contribution in [0, 0.1) is 0 Å². The molecule has 2 aromatic rings. The molecule has 1 heterocycles. The Morgan fingerprint density at radius 2 is 1.84 bits per heavy atom. The number of rotatable bonds is 7. The minimum atomic E-state index is -0.797. The molecular weight excluding hydrogens is 441 g/mol. The molecule has 0 aliphatic carbocycles. The summed E-state index contributed by atoms with van der Waals surface area (Å²) in [5.74, 6) is -1.76. The van der Waals surface area contributed by atoms with E-state index >= 15 is 0 Å². The van der Waals surface area contributed by atoms with Gasteiger partial charge in [-0.15, -0.1) is 0 Å². The van der Waals surface area contributed by atoms with E-state index in [2.05, 4.69) is 0 Å². The van der Waals surface area contributed by atoms with Gasteiger partial charge in [0.1, 0.15) is 11.5 Å². The predicted octanol–water partition coefficient (Wildman–Crippen LogP) is 4.85. The fourth-order valence-electron chi connectivity index (χ4n) is 3.57. The SMILES string of the molecule is COc1c(Cl)cc(Cl)cc1/C(O)=C1\C(=O)C(=O)N(CCOC(C)C)C1c1ccccc1. The predicted molar refractivity (Wildman–Crippen MR) is 120 cm³/mol. The van der Waals surface area contributed by atoms with Gasteiger partial charge in [0.15, 0.2) is 0 Å². The molecule has 1 N–H and O–H groups in total. The number of nitrogens with zero attached hydrogens (tertiary/aromatic N) is 1. The normalized spacial score (nSPS) is 18.1. The van der Waals surface area contributed by atoms with Gasteiger partial charge in [0.25, 0.3) is 11.7 Å². The molecule has 1 aliphatic heterocycles. The number of halogens is 2. The number of aliphatic hydroxyl groups excluding tert-OH is 1. The first-order chi connectivity index (χ1) is 14.8. The summed E-state index contributed by atoms with van der Waals surface area (Å²) in [4.78, 5) is 27.3. The van der Waals surface area contributed by atoms with Gasteiger partial charge in [-0.25, -0.2) is 0 Å². The molecule has 0 spiro atoms. The molecule has 1 unspecified atom stereocenters. The van der Waals surface area contributed by atoms with Crippen molar-refractivity contribution >= 4 is 40.7 Å². The third kappa shape index (κ3) is 4.71. The molecular formula is C23H23Cl2NO5. The fourth-order valence-corrected chi connectivity index (χ4v) is 4.14. The lowest BCUT2D eigenvalue weighted by atomic mass is 9.95. The minimum Gasteiger partial charge on any atom is -0.507 e. The van der Waals surface area contributed by atoms with Crippen LogP contribution >= 0.6 is 23.2 Å². The number of ether oxygens (including phenoxy) is 2. The Labute approximate surface area is 191 Å². The Morgan fingerprint density at radius 1 is 1.16 bits per heavy atom. The van der Waals surface area contributed by atoms with Crippen LogP contribution in [-0.4, -0.2) is 48.1 Å². The van der Waals surface area contributed by atoms with E-state index in [0.29, 0.717) is 5.56 Å². The molecule has 1 fully saturated rings. The second-order valence-corrected chi connectivity index (χ2v) is 8.13. The smallest absolute Gasteiger partial charge is 0.295 e. The number of methoxy groups -OCH3 is 1. The van der Waals surface area contributed by atoms with Gasteiger partial charge in [-0.1, -0.05) is 53.5 Å². The van der Waals surface area contributed by atoms with Gasteiger partial charge in [0.2, 0.25) is 0 Å². The second-order valence-electron chi connectivity index (χ2n) is 7.29. The highest BCUT2D eigenvalue weighted by Gasteiger charge is 2.46. The van der Waals surface area contributed by atoms with Gasteiger partial charge in [-0.2, -0.15) is 0 Å². The Morgan fingerprint density at radius 3 is 2.45 bits per heavy atom. The number of ketones is 1. The van der Waals surface area contributed by atoms with Crippen LogP contribution in [0.15, 0.2) is 48.0 Å². The Kier molecular flexibility index (Phi) is 7.26. The highest BCUT2D eigenvalue weighted by molar-refractivity contribution is 6.46. The molecule has 6 nitrogen and oxygen atoms in total.